The number of hydrogen-bond donors (Lipinski definition) is 1. The lowest BCUT2D eigenvalue weighted by Gasteiger charge is -2.36. The maximum absolute atomic E-state index is 13.1. The molecule has 0 saturated heterocycles. The van der Waals surface area contributed by atoms with Gasteiger partial charge in [0.1, 0.15) is 11.5 Å². The van der Waals surface area contributed by atoms with Gasteiger partial charge in [-0.25, -0.2) is 9.59 Å². The van der Waals surface area contributed by atoms with Crippen LogP contribution in [0.4, 0.5) is 11.4 Å². The molecule has 0 amide bonds. The van der Waals surface area contributed by atoms with Crippen molar-refractivity contribution in [2.45, 2.75) is 12.8 Å². The molecule has 2 N–H and O–H groups in total. The minimum absolute atomic E-state index is 0.0176. The summed E-state index contributed by atoms with van der Waals surface area (Å²) in [4.78, 5) is 29.5. The van der Waals surface area contributed by atoms with E-state index in [2.05, 4.69) is 6.07 Å². The molecule has 0 aromatic heterocycles. The van der Waals surface area contributed by atoms with Crippen molar-refractivity contribution in [3.8, 4) is 6.07 Å². The average Bonchev–Trinajstić information content (AvgIpc) is 2.83. The second-order valence-electron chi connectivity index (χ2n) is 7.70. The van der Waals surface area contributed by atoms with Crippen LogP contribution < -0.4 is 15.5 Å². The van der Waals surface area contributed by atoms with Crippen LogP contribution in [0.5, 0.6) is 0 Å². The maximum Gasteiger partial charge on any atom is 0.355 e. The molecule has 1 atom stereocenters. The summed E-state index contributed by atoms with van der Waals surface area (Å²) in [6, 6.07) is 16.7. The van der Waals surface area contributed by atoms with E-state index >= 15 is 0 Å². The van der Waals surface area contributed by atoms with Gasteiger partial charge in [-0.05, 0) is 30.2 Å². The third kappa shape index (κ3) is 4.13. The van der Waals surface area contributed by atoms with E-state index in [0.717, 1.165) is 11.3 Å². The Labute approximate surface area is 193 Å². The first-order valence-electron chi connectivity index (χ1n) is 10.2. The van der Waals surface area contributed by atoms with Gasteiger partial charge in [0.25, 0.3) is 0 Å². The number of rotatable bonds is 5. The van der Waals surface area contributed by atoms with Gasteiger partial charge in [0, 0.05) is 19.8 Å². The number of nitrogens with two attached hydrogens (primary N) is 1. The Kier molecular flexibility index (Phi) is 6.73. The molecule has 1 unspecified atom stereocenters. The molecule has 8 nitrogen and oxygen atoms in total. The lowest BCUT2D eigenvalue weighted by molar-refractivity contribution is -0.139. The smallest absolute Gasteiger partial charge is 0.355 e. The van der Waals surface area contributed by atoms with Gasteiger partial charge in [0.15, 0.2) is 0 Å². The van der Waals surface area contributed by atoms with E-state index in [1.807, 2.05) is 50.2 Å². The monoisotopic (exact) mass is 446 g/mol. The van der Waals surface area contributed by atoms with Crippen molar-refractivity contribution in [2.75, 3.05) is 38.1 Å². The Bertz CT molecular complexity index is 1190. The zero-order valence-corrected chi connectivity index (χ0v) is 19.2. The van der Waals surface area contributed by atoms with Crippen LogP contribution in [0.25, 0.3) is 0 Å². The Hall–Kier alpha value is -4.25. The molecule has 0 saturated carbocycles. The summed E-state index contributed by atoms with van der Waals surface area (Å²) in [6.45, 7) is 1.85. The lowest BCUT2D eigenvalue weighted by Crippen LogP contribution is -2.41. The summed E-state index contributed by atoms with van der Waals surface area (Å²) in [7, 11) is 6.21. The quantitative estimate of drug-likeness (QED) is 0.699. The molecule has 1 heterocycles. The van der Waals surface area contributed by atoms with E-state index in [1.54, 1.807) is 24.3 Å². The van der Waals surface area contributed by atoms with Gasteiger partial charge in [-0.1, -0.05) is 36.4 Å². The fourth-order valence-electron chi connectivity index (χ4n) is 3.88. The van der Waals surface area contributed by atoms with Crippen molar-refractivity contribution in [3.05, 3.63) is 82.3 Å². The predicted octanol–water partition coefficient (Wildman–Crippen LogP) is 2.96. The second-order valence-corrected chi connectivity index (χ2v) is 7.70. The van der Waals surface area contributed by atoms with Crippen molar-refractivity contribution in [1.29, 1.82) is 5.26 Å². The number of anilines is 2. The van der Waals surface area contributed by atoms with Gasteiger partial charge in [-0.2, -0.15) is 5.26 Å². The molecule has 8 heteroatoms. The zero-order chi connectivity index (χ0) is 24.3. The highest BCUT2D eigenvalue weighted by atomic mass is 16.5. The zero-order valence-electron chi connectivity index (χ0n) is 19.2. The van der Waals surface area contributed by atoms with Gasteiger partial charge < -0.3 is 20.1 Å². The first-order chi connectivity index (χ1) is 15.8. The van der Waals surface area contributed by atoms with Crippen molar-refractivity contribution >= 4 is 23.3 Å². The van der Waals surface area contributed by atoms with E-state index in [4.69, 9.17) is 15.2 Å². The molecule has 33 heavy (non-hydrogen) atoms. The number of esters is 2. The molecular weight excluding hydrogens is 420 g/mol. The Balaban J connectivity index is 2.45. The summed E-state index contributed by atoms with van der Waals surface area (Å²) in [5, 5.41) is 10.1. The van der Waals surface area contributed by atoms with Crippen LogP contribution >= 0.6 is 0 Å². The van der Waals surface area contributed by atoms with E-state index in [0.29, 0.717) is 11.3 Å². The largest absolute Gasteiger partial charge is 0.466 e. The average molecular weight is 447 g/mol. The first-order valence-corrected chi connectivity index (χ1v) is 10.2. The topological polar surface area (TPSA) is 109 Å². The molecule has 3 rings (SSSR count). The van der Waals surface area contributed by atoms with Crippen molar-refractivity contribution in [3.63, 3.8) is 0 Å². The molecule has 1 aliphatic heterocycles. The predicted molar refractivity (Wildman–Crippen MR) is 125 cm³/mol. The molecule has 1 aliphatic rings. The van der Waals surface area contributed by atoms with Gasteiger partial charge in [0.2, 0.25) is 0 Å². The number of carbonyl (C=O) groups excluding carboxylic acids is 2. The maximum atomic E-state index is 13.1. The minimum atomic E-state index is -0.897. The second kappa shape index (κ2) is 9.49. The van der Waals surface area contributed by atoms with Crippen LogP contribution in [0.15, 0.2) is 71.2 Å². The number of carbonyl (C=O) groups is 2. The summed E-state index contributed by atoms with van der Waals surface area (Å²) in [5.41, 5.74) is 9.36. The minimum Gasteiger partial charge on any atom is -0.466 e. The molecule has 2 aromatic carbocycles. The molecule has 2 aromatic rings. The highest BCUT2D eigenvalue weighted by Crippen LogP contribution is 2.44. The van der Waals surface area contributed by atoms with Crippen molar-refractivity contribution in [1.82, 2.24) is 0 Å². The third-order valence-corrected chi connectivity index (χ3v) is 5.56. The highest BCUT2D eigenvalue weighted by Gasteiger charge is 2.43. The molecule has 0 bridgehead atoms. The summed E-state index contributed by atoms with van der Waals surface area (Å²) in [6.07, 6.45) is 0. The highest BCUT2D eigenvalue weighted by molar-refractivity contribution is 6.06. The Morgan fingerprint density at radius 3 is 2.24 bits per heavy atom. The molecule has 0 spiro atoms. The van der Waals surface area contributed by atoms with Crippen LogP contribution in [0, 0.1) is 18.3 Å². The molecule has 0 radical (unpaired) electrons. The summed E-state index contributed by atoms with van der Waals surface area (Å²) >= 11 is 0. The van der Waals surface area contributed by atoms with Crippen LogP contribution in [0.1, 0.15) is 17.0 Å². The SMILES string of the molecule is COC(=O)C1=C(C(=O)OC)N(c2cc(N(C)C)ccc2C)C(N)=C(C#N)C1c1ccccc1. The Morgan fingerprint density at radius 1 is 1.06 bits per heavy atom. The van der Waals surface area contributed by atoms with Crippen molar-refractivity contribution in [2.24, 2.45) is 5.73 Å². The van der Waals surface area contributed by atoms with Crippen LogP contribution in [0.3, 0.4) is 0 Å². The summed E-state index contributed by atoms with van der Waals surface area (Å²) in [5.74, 6) is -2.38. The number of nitrogens with zero attached hydrogens (tertiary/aromatic N) is 3. The standard InChI is InChI=1S/C25H26N4O4/c1-15-11-12-17(28(2)3)13-19(15)29-22(25(31)33-5)21(24(30)32-4)20(18(14-26)23(29)27)16-9-7-6-8-10-16/h6-13,20H,27H2,1-5H3. The number of benzene rings is 2. The van der Waals surface area contributed by atoms with Crippen LogP contribution in [-0.2, 0) is 19.1 Å². The van der Waals surface area contributed by atoms with E-state index in [-0.39, 0.29) is 22.7 Å². The third-order valence-electron chi connectivity index (χ3n) is 5.56. The van der Waals surface area contributed by atoms with Crippen molar-refractivity contribution < 1.29 is 19.1 Å². The van der Waals surface area contributed by atoms with Gasteiger partial charge in [0.05, 0.1) is 43.0 Å². The van der Waals surface area contributed by atoms with E-state index < -0.39 is 17.9 Å². The molecule has 170 valence electrons. The normalized spacial score (nSPS) is 15.8. The fraction of sp³-hybridized carbons (Fsp3) is 0.240. The number of nitriles is 1. The van der Waals surface area contributed by atoms with E-state index in [1.165, 1.54) is 19.1 Å². The summed E-state index contributed by atoms with van der Waals surface area (Å²) < 4.78 is 10.1. The molecule has 0 fully saturated rings. The van der Waals surface area contributed by atoms with Gasteiger partial charge in [-0.15, -0.1) is 0 Å². The number of methoxy groups -OCH3 is 2. The molecule has 0 aliphatic carbocycles. The van der Waals surface area contributed by atoms with E-state index in [9.17, 15) is 14.9 Å². The van der Waals surface area contributed by atoms with Crippen LogP contribution in [0.2, 0.25) is 0 Å². The number of hydrogen-bond acceptors (Lipinski definition) is 8. The Morgan fingerprint density at radius 2 is 1.70 bits per heavy atom. The van der Waals surface area contributed by atoms with Gasteiger partial charge in [-0.3, -0.25) is 4.90 Å². The van der Waals surface area contributed by atoms with Gasteiger partial charge >= 0.3 is 11.9 Å². The number of allylic oxidation sites excluding steroid dienone is 1. The fourth-order valence-corrected chi connectivity index (χ4v) is 3.88. The van der Waals surface area contributed by atoms with Crippen LogP contribution in [-0.4, -0.2) is 40.3 Å². The number of aryl methyl sites for hydroxylation is 1. The number of ether oxygens (including phenoxy) is 2. The molecular formula is C25H26N4O4. The first kappa shape index (κ1) is 23.4. The lowest BCUT2D eigenvalue weighted by atomic mass is 9.80.